The molecule has 0 aliphatic carbocycles. The van der Waals surface area contributed by atoms with Crippen LogP contribution < -0.4 is 15.5 Å². The molecule has 1 heterocycles. The molecule has 5 nitrogen and oxygen atoms in total. The van der Waals surface area contributed by atoms with Gasteiger partial charge < -0.3 is 15.5 Å². The average Bonchev–Trinajstić information content (AvgIpc) is 2.61. The Morgan fingerprint density at radius 2 is 2.12 bits per heavy atom. The van der Waals surface area contributed by atoms with Gasteiger partial charge in [-0.25, -0.2) is 0 Å². The number of thioether (sulfide) groups is 1. The van der Waals surface area contributed by atoms with Crippen LogP contribution in [0.3, 0.4) is 0 Å². The number of nitrogens with zero attached hydrogens (tertiary/aromatic N) is 1. The third kappa shape index (κ3) is 4.71. The molecule has 0 bridgehead atoms. The Balaban J connectivity index is 1.59. The lowest BCUT2D eigenvalue weighted by molar-refractivity contribution is -0.120. The first-order chi connectivity index (χ1) is 12.5. The molecule has 1 aliphatic heterocycles. The molecule has 2 aromatic rings. The molecule has 1 fully saturated rings. The largest absolute Gasteiger partial charge is 0.359 e. The summed E-state index contributed by atoms with van der Waals surface area (Å²) in [6.45, 7) is 3.63. The Bertz CT molecular complexity index is 828. The second kappa shape index (κ2) is 8.47. The van der Waals surface area contributed by atoms with Gasteiger partial charge >= 0.3 is 0 Å². The Hall–Kier alpha value is -2.18. The first-order valence-corrected chi connectivity index (χ1v) is 9.69. The molecule has 2 N–H and O–H groups in total. The van der Waals surface area contributed by atoms with Gasteiger partial charge in [0.1, 0.15) is 0 Å². The lowest BCUT2D eigenvalue weighted by atomic mass is 10.2. The number of halogens is 1. The first-order valence-electron chi connectivity index (χ1n) is 8.32. The fourth-order valence-electron chi connectivity index (χ4n) is 2.74. The number of piperazine rings is 1. The maximum Gasteiger partial charge on any atom is 0.239 e. The fourth-order valence-corrected chi connectivity index (χ4v) is 3.87. The summed E-state index contributed by atoms with van der Waals surface area (Å²) in [4.78, 5) is 26.8. The van der Waals surface area contributed by atoms with Gasteiger partial charge in [-0.05, 0) is 36.8 Å². The smallest absolute Gasteiger partial charge is 0.239 e. The van der Waals surface area contributed by atoms with Crippen LogP contribution in [0.15, 0.2) is 47.4 Å². The van der Waals surface area contributed by atoms with Gasteiger partial charge in [-0.1, -0.05) is 29.8 Å². The number of benzene rings is 2. The van der Waals surface area contributed by atoms with E-state index in [9.17, 15) is 9.59 Å². The number of hydrogen-bond donors (Lipinski definition) is 2. The number of carbonyl (C=O) groups is 2. The van der Waals surface area contributed by atoms with Crippen molar-refractivity contribution in [3.05, 3.63) is 53.1 Å². The second-order valence-electron chi connectivity index (χ2n) is 6.04. The van der Waals surface area contributed by atoms with Crippen molar-refractivity contribution in [1.82, 2.24) is 5.32 Å². The highest BCUT2D eigenvalue weighted by Crippen LogP contribution is 2.29. The molecular formula is C19H20ClN3O2S. The molecule has 2 amide bonds. The number of anilines is 2. The zero-order chi connectivity index (χ0) is 18.5. The van der Waals surface area contributed by atoms with Gasteiger partial charge in [0.2, 0.25) is 11.8 Å². The summed E-state index contributed by atoms with van der Waals surface area (Å²) in [5.41, 5.74) is 2.60. The Labute approximate surface area is 162 Å². The Morgan fingerprint density at radius 1 is 1.31 bits per heavy atom. The minimum Gasteiger partial charge on any atom is -0.359 e. The molecule has 26 heavy (non-hydrogen) atoms. The molecular weight excluding hydrogens is 370 g/mol. The molecule has 0 spiro atoms. The Morgan fingerprint density at radius 3 is 2.85 bits per heavy atom. The van der Waals surface area contributed by atoms with Crippen molar-refractivity contribution in [3.8, 4) is 0 Å². The van der Waals surface area contributed by atoms with E-state index in [1.54, 1.807) is 6.07 Å². The van der Waals surface area contributed by atoms with E-state index >= 15 is 0 Å². The van der Waals surface area contributed by atoms with Crippen molar-refractivity contribution in [2.45, 2.75) is 11.8 Å². The number of rotatable bonds is 5. The number of carbonyl (C=O) groups excluding carboxylic acids is 2. The number of hydrogen-bond acceptors (Lipinski definition) is 4. The van der Waals surface area contributed by atoms with Crippen LogP contribution >= 0.6 is 23.4 Å². The van der Waals surface area contributed by atoms with Gasteiger partial charge in [0.05, 0.1) is 23.0 Å². The molecule has 0 saturated carbocycles. The van der Waals surface area contributed by atoms with Crippen molar-refractivity contribution in [3.63, 3.8) is 0 Å². The minimum atomic E-state index is -0.0839. The van der Waals surface area contributed by atoms with Crippen LogP contribution in [0.25, 0.3) is 0 Å². The van der Waals surface area contributed by atoms with E-state index in [-0.39, 0.29) is 11.8 Å². The van der Waals surface area contributed by atoms with Crippen LogP contribution in [-0.4, -0.2) is 37.2 Å². The summed E-state index contributed by atoms with van der Waals surface area (Å²) in [5, 5.41) is 6.17. The molecule has 1 aliphatic rings. The van der Waals surface area contributed by atoms with Crippen LogP contribution in [0.5, 0.6) is 0 Å². The van der Waals surface area contributed by atoms with Gasteiger partial charge in [0.15, 0.2) is 0 Å². The monoisotopic (exact) mass is 389 g/mol. The van der Waals surface area contributed by atoms with Gasteiger partial charge in [-0.15, -0.1) is 11.8 Å². The minimum absolute atomic E-state index is 0.0158. The van der Waals surface area contributed by atoms with E-state index in [1.807, 2.05) is 48.2 Å². The average molecular weight is 390 g/mol. The topological polar surface area (TPSA) is 61.4 Å². The van der Waals surface area contributed by atoms with E-state index < -0.39 is 0 Å². The van der Waals surface area contributed by atoms with Crippen molar-refractivity contribution in [2.24, 2.45) is 0 Å². The molecule has 0 radical (unpaired) electrons. The van der Waals surface area contributed by atoms with Gasteiger partial charge in [-0.3, -0.25) is 9.59 Å². The molecule has 3 rings (SSSR count). The summed E-state index contributed by atoms with van der Waals surface area (Å²) in [5.74, 6) is 0.230. The van der Waals surface area contributed by atoms with Crippen LogP contribution in [-0.2, 0) is 9.59 Å². The third-order valence-corrected chi connectivity index (χ3v) is 5.54. The van der Waals surface area contributed by atoms with Crippen LogP contribution in [0.4, 0.5) is 11.4 Å². The number of nitrogens with one attached hydrogen (secondary N) is 2. The third-order valence-electron chi connectivity index (χ3n) is 4.06. The van der Waals surface area contributed by atoms with Gasteiger partial charge in [0, 0.05) is 23.7 Å². The second-order valence-corrected chi connectivity index (χ2v) is 7.46. The molecule has 2 aromatic carbocycles. The summed E-state index contributed by atoms with van der Waals surface area (Å²) in [6, 6.07) is 13.4. The number of amides is 2. The Kier molecular flexibility index (Phi) is 6.06. The lowest BCUT2D eigenvalue weighted by Gasteiger charge is -2.29. The van der Waals surface area contributed by atoms with Crippen LogP contribution in [0, 0.1) is 6.92 Å². The maximum atomic E-state index is 12.2. The van der Waals surface area contributed by atoms with E-state index in [1.165, 1.54) is 11.8 Å². The van der Waals surface area contributed by atoms with Crippen molar-refractivity contribution in [1.29, 1.82) is 0 Å². The predicted octanol–water partition coefficient (Wildman–Crippen LogP) is 3.32. The summed E-state index contributed by atoms with van der Waals surface area (Å²) < 4.78 is 0. The van der Waals surface area contributed by atoms with Gasteiger partial charge in [0.25, 0.3) is 0 Å². The van der Waals surface area contributed by atoms with E-state index in [4.69, 9.17) is 11.6 Å². The van der Waals surface area contributed by atoms with Crippen molar-refractivity contribution < 1.29 is 9.59 Å². The molecule has 0 atom stereocenters. The van der Waals surface area contributed by atoms with E-state index in [0.717, 1.165) is 16.1 Å². The quantitative estimate of drug-likeness (QED) is 0.770. The SMILES string of the molecule is Cc1ccccc1SCC(=O)Nc1ccc(N2CCNC(=O)C2)c(Cl)c1. The highest BCUT2D eigenvalue weighted by atomic mass is 35.5. The van der Waals surface area contributed by atoms with Crippen molar-refractivity contribution >= 4 is 46.6 Å². The normalized spacial score (nSPS) is 14.1. The van der Waals surface area contributed by atoms with E-state index in [0.29, 0.717) is 36.1 Å². The van der Waals surface area contributed by atoms with Crippen LogP contribution in [0.1, 0.15) is 5.56 Å². The molecule has 1 saturated heterocycles. The molecule has 0 aromatic heterocycles. The standard InChI is InChI=1S/C19H20ClN3O2S/c1-13-4-2-3-5-17(13)26-12-19(25)22-14-6-7-16(15(20)10-14)23-9-8-21-18(24)11-23/h2-7,10H,8-9,11-12H2,1H3,(H,21,24)(H,22,25). The van der Waals surface area contributed by atoms with E-state index in [2.05, 4.69) is 10.6 Å². The zero-order valence-electron chi connectivity index (χ0n) is 14.4. The number of aryl methyl sites for hydroxylation is 1. The highest BCUT2D eigenvalue weighted by molar-refractivity contribution is 8.00. The maximum absolute atomic E-state index is 12.2. The predicted molar refractivity (Wildman–Crippen MR) is 107 cm³/mol. The molecule has 136 valence electrons. The molecule has 0 unspecified atom stereocenters. The summed E-state index contributed by atoms with van der Waals surface area (Å²) in [7, 11) is 0. The van der Waals surface area contributed by atoms with Crippen molar-refractivity contribution in [2.75, 3.05) is 35.6 Å². The summed E-state index contributed by atoms with van der Waals surface area (Å²) >= 11 is 7.86. The highest BCUT2D eigenvalue weighted by Gasteiger charge is 2.18. The lowest BCUT2D eigenvalue weighted by Crippen LogP contribution is -2.47. The van der Waals surface area contributed by atoms with Crippen LogP contribution in [0.2, 0.25) is 5.02 Å². The fraction of sp³-hybridized carbons (Fsp3) is 0.263. The first kappa shape index (κ1) is 18.6. The zero-order valence-corrected chi connectivity index (χ0v) is 16.0. The molecule has 7 heteroatoms. The van der Waals surface area contributed by atoms with Gasteiger partial charge in [-0.2, -0.15) is 0 Å². The summed E-state index contributed by atoms with van der Waals surface area (Å²) in [6.07, 6.45) is 0.